The van der Waals surface area contributed by atoms with E-state index in [9.17, 15) is 0 Å². The van der Waals surface area contributed by atoms with Crippen molar-refractivity contribution in [3.8, 4) is 0 Å². The molecule has 0 atom stereocenters. The number of anilines is 4. The third-order valence-corrected chi connectivity index (χ3v) is 7.48. The molecule has 7 N–H and O–H groups in total. The van der Waals surface area contributed by atoms with Gasteiger partial charge in [0.25, 0.3) is 0 Å². The summed E-state index contributed by atoms with van der Waals surface area (Å²) in [5.41, 5.74) is 3.57. The molecule has 0 aromatic carbocycles. The Balaban J connectivity index is 0.000000219. The summed E-state index contributed by atoms with van der Waals surface area (Å²) in [6, 6.07) is 16.0. The average Bonchev–Trinajstić information content (AvgIpc) is 3.93. The minimum Gasteiger partial charge on any atom is -0.373 e. The molecule has 3 aliphatic rings. The number of rotatable bonds is 3. The van der Waals surface area contributed by atoms with Crippen LogP contribution >= 0.6 is 0 Å². The van der Waals surface area contributed by atoms with Gasteiger partial charge < -0.3 is 46.7 Å². The smallest absolute Gasteiger partial charge is 0.199 e. The van der Waals surface area contributed by atoms with Gasteiger partial charge in [-0.25, -0.2) is 19.9 Å². The first-order valence-electron chi connectivity index (χ1n) is 17.6. The molecule has 0 radical (unpaired) electrons. The fourth-order valence-electron chi connectivity index (χ4n) is 4.71. The Bertz CT molecular complexity index is 1540. The highest BCUT2D eigenvalue weighted by molar-refractivity contribution is 5.81. The first kappa shape index (κ1) is 42.6. The molecule has 7 rings (SSSR count). The van der Waals surface area contributed by atoms with Crippen LogP contribution in [-0.2, 0) is 6.42 Å². The minimum atomic E-state index is 0.806. The molecule has 0 bridgehead atoms. The second-order valence-corrected chi connectivity index (χ2v) is 11.8. The highest BCUT2D eigenvalue weighted by Gasteiger charge is 2.14. The number of pyridine rings is 3. The third kappa shape index (κ3) is 17.4. The highest BCUT2D eigenvalue weighted by Crippen LogP contribution is 2.23. The molecule has 2 saturated heterocycles. The van der Waals surface area contributed by atoms with Crippen LogP contribution in [0.1, 0.15) is 29.8 Å². The second-order valence-electron chi connectivity index (χ2n) is 11.8. The van der Waals surface area contributed by atoms with Crippen LogP contribution in [0.2, 0.25) is 0 Å². The van der Waals surface area contributed by atoms with Gasteiger partial charge in [-0.1, -0.05) is 18.2 Å². The van der Waals surface area contributed by atoms with Crippen molar-refractivity contribution in [2.45, 2.75) is 33.1 Å². The summed E-state index contributed by atoms with van der Waals surface area (Å²) in [7, 11) is 13.3. The lowest BCUT2D eigenvalue weighted by atomic mass is 10.1. The van der Waals surface area contributed by atoms with Gasteiger partial charge in [0.1, 0.15) is 17.5 Å². The number of nitrogens with zero attached hydrogens (tertiary/aromatic N) is 8. The van der Waals surface area contributed by atoms with Crippen molar-refractivity contribution in [1.82, 2.24) is 46.2 Å². The van der Waals surface area contributed by atoms with Crippen LogP contribution in [0.5, 0.6) is 0 Å². The fraction of sp³-hybridized carbons (Fsp3) is 0.459. The Kier molecular flexibility index (Phi) is 20.8. The lowest BCUT2D eigenvalue weighted by molar-refractivity contribution is 0.667. The number of hydrogen-bond donors (Lipinski definition) is 7. The minimum absolute atomic E-state index is 0.806. The average molecular weight is 716 g/mol. The molecule has 0 unspecified atom stereocenters. The van der Waals surface area contributed by atoms with Crippen molar-refractivity contribution in [2.75, 3.05) is 102 Å². The fourth-order valence-corrected chi connectivity index (χ4v) is 4.71. The largest absolute Gasteiger partial charge is 0.373 e. The standard InChI is InChI=1S/C10H14N2.C8H12N2.C6H8N2.C5H11N3.C4H9N3.C4H7N3/c1-8-5-6-9-4-3-7-12(2)10(9)11-8;1-7-5-4-6-8(9-7)10(2)3;1-7-6-4-2-3-5-8-6;1-6-5-7-3-2-4-8-5;2*1-5-4-6-2-3-7-4/h5-6H,3-4,7H2,1-2H3;4-6H,1-3H3;2-5H,1H3,(H,7,8);2-4H2,1H3,(H2,6,7,8);2-3H2,1H3,(H2,5,6,7);2-3H,1H3,(H2,5,6,7). The van der Waals surface area contributed by atoms with Crippen LogP contribution in [0.25, 0.3) is 0 Å². The van der Waals surface area contributed by atoms with Gasteiger partial charge in [0.05, 0.1) is 0 Å². The van der Waals surface area contributed by atoms with E-state index in [0.717, 1.165) is 73.6 Å². The monoisotopic (exact) mass is 716 g/mol. The maximum atomic E-state index is 4.52. The summed E-state index contributed by atoms with van der Waals surface area (Å²) < 4.78 is 0. The summed E-state index contributed by atoms with van der Waals surface area (Å²) >= 11 is 0. The van der Waals surface area contributed by atoms with Crippen LogP contribution in [0.3, 0.4) is 0 Å². The molecule has 0 spiro atoms. The molecule has 4 aromatic heterocycles. The number of imidazole rings is 1. The number of aliphatic imine (C=N–C) groups is 2. The van der Waals surface area contributed by atoms with E-state index >= 15 is 0 Å². The van der Waals surface area contributed by atoms with Gasteiger partial charge in [-0.15, -0.1) is 0 Å². The number of guanidine groups is 2. The van der Waals surface area contributed by atoms with Gasteiger partial charge in [-0.05, 0) is 69.0 Å². The van der Waals surface area contributed by atoms with Crippen LogP contribution < -0.4 is 41.7 Å². The predicted octanol–water partition coefficient (Wildman–Crippen LogP) is 3.52. The maximum Gasteiger partial charge on any atom is 0.199 e. The highest BCUT2D eigenvalue weighted by atomic mass is 15.2. The van der Waals surface area contributed by atoms with Gasteiger partial charge >= 0.3 is 0 Å². The molecular weight excluding hydrogens is 655 g/mol. The number of aromatic amines is 1. The normalized spacial score (nSPS) is 13.4. The molecule has 52 heavy (non-hydrogen) atoms. The Morgan fingerprint density at radius 1 is 0.731 bits per heavy atom. The third-order valence-electron chi connectivity index (χ3n) is 7.48. The Labute approximate surface area is 310 Å². The molecule has 0 saturated carbocycles. The van der Waals surface area contributed by atoms with Gasteiger partial charge in [-0.3, -0.25) is 9.98 Å². The molecule has 2 fully saturated rings. The van der Waals surface area contributed by atoms with E-state index in [1.807, 2.05) is 83.3 Å². The first-order chi connectivity index (χ1) is 25.2. The molecule has 0 aliphatic carbocycles. The maximum absolute atomic E-state index is 4.52. The van der Waals surface area contributed by atoms with Gasteiger partial charge in [0.2, 0.25) is 0 Å². The SMILES string of the molecule is CN=C1NCCCN1.CN=C1NCCN1.CNc1ccccn1.CNc1ncc[nH]1.Cc1ccc2c(n1)N(C)CCC2.Cc1cccc(N(C)C)n1. The quantitative estimate of drug-likeness (QED) is 0.165. The zero-order valence-corrected chi connectivity index (χ0v) is 32.6. The number of nitrogens with one attached hydrogen (secondary N) is 7. The summed E-state index contributed by atoms with van der Waals surface area (Å²) in [6.07, 6.45) is 8.86. The lowest BCUT2D eigenvalue weighted by Crippen LogP contribution is -2.43. The van der Waals surface area contributed by atoms with E-state index < -0.39 is 0 Å². The van der Waals surface area contributed by atoms with E-state index in [-0.39, 0.29) is 0 Å². The molecule has 0 amide bonds. The summed E-state index contributed by atoms with van der Waals surface area (Å²) in [5.74, 6) is 5.75. The Morgan fingerprint density at radius 3 is 1.87 bits per heavy atom. The van der Waals surface area contributed by atoms with Crippen LogP contribution in [-0.4, -0.2) is 119 Å². The van der Waals surface area contributed by atoms with Crippen molar-refractivity contribution < 1.29 is 0 Å². The predicted molar refractivity (Wildman–Crippen MR) is 219 cm³/mol. The van der Waals surface area contributed by atoms with Gasteiger partial charge in [0, 0.05) is 112 Å². The number of fused-ring (bicyclic) bond motifs is 1. The van der Waals surface area contributed by atoms with Gasteiger partial charge in [-0.2, -0.15) is 0 Å². The van der Waals surface area contributed by atoms with Crippen molar-refractivity contribution in [3.05, 3.63) is 84.1 Å². The van der Waals surface area contributed by atoms with Crippen LogP contribution in [0, 0.1) is 13.8 Å². The first-order valence-corrected chi connectivity index (χ1v) is 17.6. The van der Waals surface area contributed by atoms with Gasteiger partial charge in [0.15, 0.2) is 17.9 Å². The zero-order valence-electron chi connectivity index (χ0n) is 32.6. The number of H-pyrrole nitrogens is 1. The van der Waals surface area contributed by atoms with Crippen molar-refractivity contribution in [3.63, 3.8) is 0 Å². The molecule has 4 aromatic rings. The summed E-state index contributed by atoms with van der Waals surface area (Å²) in [4.78, 5) is 31.6. The Morgan fingerprint density at radius 2 is 1.40 bits per heavy atom. The molecular formula is C37H61N15. The molecule has 3 aliphatic heterocycles. The van der Waals surface area contributed by atoms with Crippen molar-refractivity contribution in [2.24, 2.45) is 9.98 Å². The van der Waals surface area contributed by atoms with Crippen molar-refractivity contribution >= 4 is 35.3 Å². The lowest BCUT2D eigenvalue weighted by Gasteiger charge is -2.26. The van der Waals surface area contributed by atoms with Crippen molar-refractivity contribution in [1.29, 1.82) is 0 Å². The Hall–Kier alpha value is -5.60. The summed E-state index contributed by atoms with van der Waals surface area (Å²) in [6.45, 7) is 9.30. The molecule has 284 valence electrons. The molecule has 15 heteroatoms. The van der Waals surface area contributed by atoms with Crippen LogP contribution in [0.15, 0.2) is 77.1 Å². The van der Waals surface area contributed by atoms with Crippen LogP contribution in [0.4, 0.5) is 23.4 Å². The molecule has 15 nitrogen and oxygen atoms in total. The van der Waals surface area contributed by atoms with E-state index in [4.69, 9.17) is 0 Å². The second kappa shape index (κ2) is 25.4. The summed E-state index contributed by atoms with van der Waals surface area (Å²) in [5, 5.41) is 18.1. The number of hydrogen-bond acceptors (Lipinski definition) is 10. The van der Waals surface area contributed by atoms with E-state index in [1.54, 1.807) is 32.7 Å². The van der Waals surface area contributed by atoms with E-state index in [0.29, 0.717) is 0 Å². The number of aryl methyl sites for hydroxylation is 3. The molecule has 7 heterocycles. The topological polar surface area (TPSA) is 171 Å². The van der Waals surface area contributed by atoms with E-state index in [2.05, 4.69) is 90.9 Å². The zero-order chi connectivity index (χ0) is 38.0. The number of aromatic nitrogens is 5. The van der Waals surface area contributed by atoms with E-state index in [1.165, 1.54) is 30.6 Å².